The van der Waals surface area contributed by atoms with E-state index in [1.165, 1.54) is 6.07 Å². The number of aromatic nitrogens is 1. The van der Waals surface area contributed by atoms with Gasteiger partial charge in [-0.15, -0.1) is 4.39 Å². The molecule has 0 saturated heterocycles. The van der Waals surface area contributed by atoms with Crippen LogP contribution in [-0.2, 0) is 0 Å². The van der Waals surface area contributed by atoms with Crippen molar-refractivity contribution in [3.05, 3.63) is 24.3 Å². The molecule has 0 fully saturated rings. The molecule has 1 aromatic carbocycles. The Morgan fingerprint density at radius 3 is 3.09 bits per heavy atom. The van der Waals surface area contributed by atoms with E-state index >= 15 is 0 Å². The summed E-state index contributed by atoms with van der Waals surface area (Å²) >= 11 is 0. The standard InChI is InChI=1S/C7H5FN2O/c8-7-10-5-2-1-4(9)3-6(5)11-7/h1-3H,9H2. The van der Waals surface area contributed by atoms with Crippen LogP contribution in [0.4, 0.5) is 10.1 Å². The molecule has 0 aliphatic rings. The number of hydrogen-bond acceptors (Lipinski definition) is 3. The van der Waals surface area contributed by atoms with E-state index in [0.717, 1.165) is 0 Å². The zero-order chi connectivity index (χ0) is 7.84. The summed E-state index contributed by atoms with van der Waals surface area (Å²) in [5, 5.41) is 0. The van der Waals surface area contributed by atoms with Crippen molar-refractivity contribution >= 4 is 16.8 Å². The molecule has 2 aromatic rings. The van der Waals surface area contributed by atoms with Crippen LogP contribution in [0.25, 0.3) is 11.1 Å². The summed E-state index contributed by atoms with van der Waals surface area (Å²) in [5.41, 5.74) is 6.82. The molecule has 4 heteroatoms. The molecule has 0 aliphatic carbocycles. The average molecular weight is 152 g/mol. The predicted octanol–water partition coefficient (Wildman–Crippen LogP) is 1.55. The maximum absolute atomic E-state index is 12.3. The summed E-state index contributed by atoms with van der Waals surface area (Å²) in [5.74, 6) is 0. The van der Waals surface area contributed by atoms with Crippen LogP contribution in [0.3, 0.4) is 0 Å². The zero-order valence-corrected chi connectivity index (χ0v) is 5.54. The summed E-state index contributed by atoms with van der Waals surface area (Å²) in [6.45, 7) is 0. The molecular weight excluding hydrogens is 147 g/mol. The molecular formula is C7H5FN2O. The number of anilines is 1. The fourth-order valence-corrected chi connectivity index (χ4v) is 0.913. The highest BCUT2D eigenvalue weighted by molar-refractivity contribution is 5.75. The number of nitrogens with zero attached hydrogens (tertiary/aromatic N) is 1. The lowest BCUT2D eigenvalue weighted by Gasteiger charge is -1.87. The normalized spacial score (nSPS) is 10.6. The molecule has 1 heterocycles. The van der Waals surface area contributed by atoms with Gasteiger partial charge >= 0.3 is 6.14 Å². The first-order valence-electron chi connectivity index (χ1n) is 3.07. The third kappa shape index (κ3) is 0.920. The largest absolute Gasteiger partial charge is 0.415 e. The van der Waals surface area contributed by atoms with Gasteiger partial charge in [0.25, 0.3) is 0 Å². The van der Waals surface area contributed by atoms with E-state index in [-0.39, 0.29) is 0 Å². The Morgan fingerprint density at radius 1 is 1.45 bits per heavy atom. The lowest BCUT2D eigenvalue weighted by molar-refractivity contribution is 0.355. The van der Waals surface area contributed by atoms with Gasteiger partial charge in [0.1, 0.15) is 5.52 Å². The van der Waals surface area contributed by atoms with E-state index in [4.69, 9.17) is 5.73 Å². The maximum Gasteiger partial charge on any atom is 0.382 e. The number of fused-ring (bicyclic) bond motifs is 1. The molecule has 0 atom stereocenters. The Labute approximate surface area is 61.6 Å². The second-order valence-corrected chi connectivity index (χ2v) is 2.19. The number of nitrogen functional groups attached to an aromatic ring is 1. The van der Waals surface area contributed by atoms with Gasteiger partial charge in [-0.3, -0.25) is 0 Å². The highest BCUT2D eigenvalue weighted by atomic mass is 19.1. The topological polar surface area (TPSA) is 52.0 Å². The number of rotatable bonds is 0. The SMILES string of the molecule is Nc1ccc2nc(F)oc2c1. The van der Waals surface area contributed by atoms with E-state index in [0.29, 0.717) is 16.8 Å². The molecule has 11 heavy (non-hydrogen) atoms. The number of oxazole rings is 1. The van der Waals surface area contributed by atoms with E-state index < -0.39 is 6.14 Å². The van der Waals surface area contributed by atoms with Crippen molar-refractivity contribution in [3.8, 4) is 0 Å². The minimum absolute atomic E-state index is 0.377. The fraction of sp³-hybridized carbons (Fsp3) is 0. The van der Waals surface area contributed by atoms with Crippen LogP contribution in [0.5, 0.6) is 0 Å². The van der Waals surface area contributed by atoms with Crippen LogP contribution in [0.1, 0.15) is 0 Å². The van der Waals surface area contributed by atoms with Crippen LogP contribution in [-0.4, -0.2) is 4.98 Å². The van der Waals surface area contributed by atoms with Crippen LogP contribution in [0.15, 0.2) is 22.6 Å². The van der Waals surface area contributed by atoms with E-state index in [1.54, 1.807) is 12.1 Å². The predicted molar refractivity (Wildman–Crippen MR) is 38.4 cm³/mol. The summed E-state index contributed by atoms with van der Waals surface area (Å²) in [7, 11) is 0. The molecule has 0 aliphatic heterocycles. The van der Waals surface area contributed by atoms with Crippen LogP contribution in [0.2, 0.25) is 0 Å². The summed E-state index contributed by atoms with van der Waals surface area (Å²) in [6.07, 6.45) is -0.828. The first-order valence-corrected chi connectivity index (χ1v) is 3.07. The Kier molecular flexibility index (Phi) is 1.09. The second kappa shape index (κ2) is 1.95. The van der Waals surface area contributed by atoms with Gasteiger partial charge in [0.2, 0.25) is 0 Å². The van der Waals surface area contributed by atoms with E-state index in [9.17, 15) is 4.39 Å². The van der Waals surface area contributed by atoms with Crippen LogP contribution < -0.4 is 5.73 Å². The van der Waals surface area contributed by atoms with Gasteiger partial charge in [-0.1, -0.05) is 0 Å². The Balaban J connectivity index is 2.82. The summed E-state index contributed by atoms with van der Waals surface area (Å²) < 4.78 is 16.9. The number of benzene rings is 1. The molecule has 2 N–H and O–H groups in total. The maximum atomic E-state index is 12.3. The van der Waals surface area contributed by atoms with Gasteiger partial charge in [-0.05, 0) is 12.1 Å². The molecule has 0 unspecified atom stereocenters. The van der Waals surface area contributed by atoms with Gasteiger partial charge in [-0.2, -0.15) is 4.98 Å². The highest BCUT2D eigenvalue weighted by Gasteiger charge is 2.02. The molecule has 1 aromatic heterocycles. The first-order chi connectivity index (χ1) is 5.25. The summed E-state index contributed by atoms with van der Waals surface area (Å²) in [6, 6.07) is 4.78. The molecule has 3 nitrogen and oxygen atoms in total. The summed E-state index contributed by atoms with van der Waals surface area (Å²) in [4.78, 5) is 3.47. The lowest BCUT2D eigenvalue weighted by Crippen LogP contribution is -1.81. The second-order valence-electron chi connectivity index (χ2n) is 2.19. The first kappa shape index (κ1) is 6.15. The van der Waals surface area contributed by atoms with Crippen molar-refractivity contribution in [3.63, 3.8) is 0 Å². The minimum Gasteiger partial charge on any atom is -0.415 e. The molecule has 2 rings (SSSR count). The third-order valence-electron chi connectivity index (χ3n) is 1.39. The smallest absolute Gasteiger partial charge is 0.382 e. The number of nitrogens with two attached hydrogens (primary N) is 1. The Bertz CT molecular complexity index is 396. The van der Waals surface area contributed by atoms with Gasteiger partial charge in [-0.25, -0.2) is 0 Å². The lowest BCUT2D eigenvalue weighted by atomic mass is 10.3. The number of hydrogen-bond donors (Lipinski definition) is 1. The van der Waals surface area contributed by atoms with Crippen molar-refractivity contribution < 1.29 is 8.81 Å². The zero-order valence-electron chi connectivity index (χ0n) is 5.54. The molecule has 56 valence electrons. The Morgan fingerprint density at radius 2 is 2.27 bits per heavy atom. The molecule has 0 spiro atoms. The van der Waals surface area contributed by atoms with Crippen molar-refractivity contribution in [2.45, 2.75) is 0 Å². The van der Waals surface area contributed by atoms with E-state index in [1.807, 2.05) is 0 Å². The molecule has 0 radical (unpaired) electrons. The third-order valence-corrected chi connectivity index (χ3v) is 1.39. The quantitative estimate of drug-likeness (QED) is 0.582. The van der Waals surface area contributed by atoms with Gasteiger partial charge in [0, 0.05) is 11.8 Å². The van der Waals surface area contributed by atoms with Crippen LogP contribution >= 0.6 is 0 Å². The number of halogens is 1. The van der Waals surface area contributed by atoms with Gasteiger partial charge < -0.3 is 10.2 Å². The van der Waals surface area contributed by atoms with Crippen molar-refractivity contribution in [1.29, 1.82) is 0 Å². The van der Waals surface area contributed by atoms with Crippen molar-refractivity contribution in [2.75, 3.05) is 5.73 Å². The van der Waals surface area contributed by atoms with Crippen LogP contribution in [0, 0.1) is 6.14 Å². The van der Waals surface area contributed by atoms with Crippen molar-refractivity contribution in [2.24, 2.45) is 0 Å². The fourth-order valence-electron chi connectivity index (χ4n) is 0.913. The molecule has 0 amide bonds. The van der Waals surface area contributed by atoms with Crippen molar-refractivity contribution in [1.82, 2.24) is 4.98 Å². The van der Waals surface area contributed by atoms with Gasteiger partial charge in [0.05, 0.1) is 0 Å². The molecule has 0 bridgehead atoms. The minimum atomic E-state index is -0.828. The Hall–Kier alpha value is -1.58. The highest BCUT2D eigenvalue weighted by Crippen LogP contribution is 2.16. The molecule has 0 saturated carbocycles. The average Bonchev–Trinajstić information content (AvgIpc) is 2.27. The van der Waals surface area contributed by atoms with Gasteiger partial charge in [0.15, 0.2) is 5.58 Å². The van der Waals surface area contributed by atoms with E-state index in [2.05, 4.69) is 9.40 Å². The monoisotopic (exact) mass is 152 g/mol.